The molecule has 1 aliphatic heterocycles. The summed E-state index contributed by atoms with van der Waals surface area (Å²) in [6.07, 6.45) is 2.72. The van der Waals surface area contributed by atoms with Crippen LogP contribution < -0.4 is 10.6 Å². The summed E-state index contributed by atoms with van der Waals surface area (Å²) in [5.74, 6) is 2.34. The van der Waals surface area contributed by atoms with Crippen molar-refractivity contribution in [3.63, 3.8) is 0 Å². The quantitative estimate of drug-likeness (QED) is 0.332. The maximum absolute atomic E-state index is 5.50. The second-order valence-corrected chi connectivity index (χ2v) is 6.81. The van der Waals surface area contributed by atoms with Crippen LogP contribution in [0.2, 0.25) is 0 Å². The Labute approximate surface area is 174 Å². The molecule has 0 spiro atoms. The van der Waals surface area contributed by atoms with Crippen LogP contribution in [0.5, 0.6) is 0 Å². The number of rotatable bonds is 8. The normalized spacial score (nSPS) is 17.0. The minimum Gasteiger partial charge on any atom is -0.379 e. The van der Waals surface area contributed by atoms with Crippen LogP contribution in [0.3, 0.4) is 0 Å². The number of nitrogens with one attached hydrogen (secondary N) is 2. The third-order valence-corrected chi connectivity index (χ3v) is 4.34. The van der Waals surface area contributed by atoms with Gasteiger partial charge in [-0.1, -0.05) is 13.8 Å². The van der Waals surface area contributed by atoms with E-state index in [9.17, 15) is 0 Å². The van der Waals surface area contributed by atoms with Gasteiger partial charge in [0.2, 0.25) is 0 Å². The molecule has 2 heterocycles. The van der Waals surface area contributed by atoms with Gasteiger partial charge in [-0.05, 0) is 19.3 Å². The summed E-state index contributed by atoms with van der Waals surface area (Å²) in [5.41, 5.74) is 0. The number of aryl methyl sites for hydroxylation is 1. The van der Waals surface area contributed by atoms with Crippen LogP contribution in [-0.2, 0) is 18.3 Å². The van der Waals surface area contributed by atoms with Gasteiger partial charge in [0.25, 0.3) is 0 Å². The second-order valence-electron chi connectivity index (χ2n) is 6.81. The smallest absolute Gasteiger partial charge is 0.191 e. The van der Waals surface area contributed by atoms with Crippen molar-refractivity contribution < 1.29 is 4.74 Å². The lowest BCUT2D eigenvalue weighted by atomic mass is 10.0. The number of aliphatic imine (C=N–C) groups is 1. The molecule has 1 fully saturated rings. The summed E-state index contributed by atoms with van der Waals surface area (Å²) in [5, 5.41) is 10.9. The zero-order valence-electron chi connectivity index (χ0n) is 16.4. The summed E-state index contributed by atoms with van der Waals surface area (Å²) in [6, 6.07) is 0.489. The minimum absolute atomic E-state index is 0. The maximum atomic E-state index is 5.50. The SMILES string of the molecule is CCNC(=NCc1ncnn1C)NCC(CC(C)C)N1CCOCC1.I. The van der Waals surface area contributed by atoms with Crippen LogP contribution in [0.25, 0.3) is 0 Å². The average molecular weight is 479 g/mol. The molecule has 0 saturated carbocycles. The van der Waals surface area contributed by atoms with Crippen molar-refractivity contribution in [3.8, 4) is 0 Å². The van der Waals surface area contributed by atoms with Gasteiger partial charge in [-0.25, -0.2) is 9.98 Å². The molecular weight excluding hydrogens is 445 g/mol. The number of ether oxygens (including phenoxy) is 1. The number of aromatic nitrogens is 3. The molecule has 2 rings (SSSR count). The minimum atomic E-state index is 0. The molecule has 26 heavy (non-hydrogen) atoms. The lowest BCUT2D eigenvalue weighted by Gasteiger charge is -2.35. The van der Waals surface area contributed by atoms with Crippen molar-refractivity contribution in [3.05, 3.63) is 12.2 Å². The van der Waals surface area contributed by atoms with Gasteiger partial charge >= 0.3 is 0 Å². The van der Waals surface area contributed by atoms with Crippen LogP contribution in [0, 0.1) is 5.92 Å². The number of hydrogen-bond acceptors (Lipinski definition) is 5. The van der Waals surface area contributed by atoms with E-state index in [2.05, 4.69) is 51.4 Å². The van der Waals surface area contributed by atoms with Crippen molar-refractivity contribution in [2.24, 2.45) is 18.0 Å². The van der Waals surface area contributed by atoms with Gasteiger partial charge in [0.1, 0.15) is 18.7 Å². The van der Waals surface area contributed by atoms with E-state index in [1.807, 2.05) is 7.05 Å². The first kappa shape index (κ1) is 23.1. The molecule has 1 aromatic rings. The largest absolute Gasteiger partial charge is 0.379 e. The van der Waals surface area contributed by atoms with Crippen molar-refractivity contribution in [2.45, 2.75) is 39.8 Å². The van der Waals surface area contributed by atoms with Gasteiger partial charge in [-0.15, -0.1) is 24.0 Å². The molecule has 0 aliphatic carbocycles. The predicted molar refractivity (Wildman–Crippen MR) is 115 cm³/mol. The van der Waals surface area contributed by atoms with E-state index in [4.69, 9.17) is 4.74 Å². The highest BCUT2D eigenvalue weighted by Crippen LogP contribution is 2.13. The molecule has 1 saturated heterocycles. The van der Waals surface area contributed by atoms with E-state index in [0.717, 1.165) is 57.6 Å². The fourth-order valence-electron chi connectivity index (χ4n) is 3.02. The van der Waals surface area contributed by atoms with Crippen molar-refractivity contribution in [2.75, 3.05) is 39.4 Å². The van der Waals surface area contributed by atoms with Crippen LogP contribution in [0.1, 0.15) is 33.0 Å². The molecule has 0 radical (unpaired) electrons. The standard InChI is InChI=1S/C17H33N7O.HI/c1-5-18-17(20-12-16-21-13-22-23(16)4)19-11-15(10-14(2)3)24-6-8-25-9-7-24;/h13-15H,5-12H2,1-4H3,(H2,18,19,20);1H. The lowest BCUT2D eigenvalue weighted by molar-refractivity contribution is 0.0132. The number of guanidine groups is 1. The van der Waals surface area contributed by atoms with Gasteiger partial charge in [0, 0.05) is 39.3 Å². The molecule has 1 aliphatic rings. The molecule has 2 N–H and O–H groups in total. The molecule has 150 valence electrons. The van der Waals surface area contributed by atoms with Crippen molar-refractivity contribution in [1.82, 2.24) is 30.3 Å². The van der Waals surface area contributed by atoms with Crippen LogP contribution in [0.4, 0.5) is 0 Å². The number of nitrogens with zero attached hydrogens (tertiary/aromatic N) is 5. The van der Waals surface area contributed by atoms with E-state index in [-0.39, 0.29) is 24.0 Å². The van der Waals surface area contributed by atoms with Gasteiger partial charge < -0.3 is 15.4 Å². The summed E-state index contributed by atoms with van der Waals surface area (Å²) in [6.45, 7) is 12.5. The first-order valence-electron chi connectivity index (χ1n) is 9.27. The Morgan fingerprint density at radius 2 is 2.04 bits per heavy atom. The molecule has 0 amide bonds. The highest BCUT2D eigenvalue weighted by Gasteiger charge is 2.22. The predicted octanol–water partition coefficient (Wildman–Crippen LogP) is 1.24. The molecule has 0 bridgehead atoms. The fraction of sp³-hybridized carbons (Fsp3) is 0.824. The Hall–Kier alpha value is -0.940. The Balaban J connectivity index is 0.00000338. The molecule has 0 aromatic carbocycles. The molecule has 1 atom stereocenters. The van der Waals surface area contributed by atoms with Gasteiger partial charge in [-0.3, -0.25) is 9.58 Å². The second kappa shape index (κ2) is 12.4. The monoisotopic (exact) mass is 479 g/mol. The topological polar surface area (TPSA) is 79.6 Å². The summed E-state index contributed by atoms with van der Waals surface area (Å²) in [4.78, 5) is 11.4. The number of halogens is 1. The molecule has 8 nitrogen and oxygen atoms in total. The molecular formula is C17H34IN7O. The average Bonchev–Trinajstić information content (AvgIpc) is 3.01. The zero-order chi connectivity index (χ0) is 18.1. The summed E-state index contributed by atoms with van der Waals surface area (Å²) in [7, 11) is 1.88. The first-order valence-corrected chi connectivity index (χ1v) is 9.27. The van der Waals surface area contributed by atoms with Gasteiger partial charge in [-0.2, -0.15) is 5.10 Å². The molecule has 1 aromatic heterocycles. The third-order valence-electron chi connectivity index (χ3n) is 4.34. The van der Waals surface area contributed by atoms with E-state index in [0.29, 0.717) is 18.5 Å². The lowest BCUT2D eigenvalue weighted by Crippen LogP contribution is -2.51. The van der Waals surface area contributed by atoms with Crippen molar-refractivity contribution in [1.29, 1.82) is 0 Å². The van der Waals surface area contributed by atoms with Crippen LogP contribution in [0.15, 0.2) is 11.3 Å². The van der Waals surface area contributed by atoms with Gasteiger partial charge in [0.05, 0.1) is 13.2 Å². The van der Waals surface area contributed by atoms with E-state index < -0.39 is 0 Å². The Morgan fingerprint density at radius 3 is 2.62 bits per heavy atom. The Kier molecular flexibility index (Phi) is 11.1. The number of hydrogen-bond donors (Lipinski definition) is 2. The zero-order valence-corrected chi connectivity index (χ0v) is 18.8. The van der Waals surface area contributed by atoms with Gasteiger partial charge in [0.15, 0.2) is 5.96 Å². The molecule has 9 heteroatoms. The highest BCUT2D eigenvalue weighted by molar-refractivity contribution is 14.0. The number of morpholine rings is 1. The van der Waals surface area contributed by atoms with E-state index in [1.165, 1.54) is 0 Å². The maximum Gasteiger partial charge on any atom is 0.191 e. The Morgan fingerprint density at radius 1 is 1.31 bits per heavy atom. The summed E-state index contributed by atoms with van der Waals surface area (Å²) >= 11 is 0. The van der Waals surface area contributed by atoms with Crippen LogP contribution >= 0.6 is 24.0 Å². The first-order chi connectivity index (χ1) is 12.1. The summed E-state index contributed by atoms with van der Waals surface area (Å²) < 4.78 is 7.25. The highest BCUT2D eigenvalue weighted by atomic mass is 127. The van der Waals surface area contributed by atoms with E-state index in [1.54, 1.807) is 11.0 Å². The Bertz CT molecular complexity index is 529. The fourth-order valence-corrected chi connectivity index (χ4v) is 3.02. The van der Waals surface area contributed by atoms with Crippen molar-refractivity contribution >= 4 is 29.9 Å². The van der Waals surface area contributed by atoms with Crippen LogP contribution in [-0.4, -0.2) is 71.1 Å². The third kappa shape index (κ3) is 7.75. The van der Waals surface area contributed by atoms with E-state index >= 15 is 0 Å². The molecule has 1 unspecified atom stereocenters.